The molecule has 4 atom stereocenters. The van der Waals surface area contributed by atoms with Gasteiger partial charge in [-0.15, -0.1) is 0 Å². The standard InChI is InChI=1S/C24H41N9O11/c1-13(35)21(33-19(39)11-29-23(43)15(31-12-34)5-6-20(40)41)24(44)30-9-17(37)27-8-16(36)28-10-18(38)32-14(22(26)42)4-2-3-7-25/h12-15,21,35H,2-11,25H2,1H3,(H2,26,42)(H,27,37)(H,28,36)(H,29,43)(H,30,44)(H,31,34)(H,32,38)(H,33,39)(H,40,41)/t13?,14-,15-,21-/m0/s1. The smallest absolute Gasteiger partial charge is 0.303 e. The van der Waals surface area contributed by atoms with Crippen LogP contribution in [0.15, 0.2) is 0 Å². The molecule has 0 saturated heterocycles. The Morgan fingerprint density at radius 3 is 1.77 bits per heavy atom. The summed E-state index contributed by atoms with van der Waals surface area (Å²) < 4.78 is 0. The van der Waals surface area contributed by atoms with E-state index in [9.17, 15) is 48.3 Å². The van der Waals surface area contributed by atoms with E-state index in [0.29, 0.717) is 19.4 Å². The Labute approximate surface area is 252 Å². The molecule has 0 aliphatic carbocycles. The van der Waals surface area contributed by atoms with Gasteiger partial charge in [0.2, 0.25) is 47.8 Å². The number of hydrogen-bond donors (Lipinski definition) is 11. The van der Waals surface area contributed by atoms with E-state index in [4.69, 9.17) is 16.6 Å². The number of carboxylic acids is 1. The number of hydrogen-bond acceptors (Lipinski definition) is 11. The highest BCUT2D eigenvalue weighted by Gasteiger charge is 2.27. The van der Waals surface area contributed by atoms with Crippen LogP contribution < -0.4 is 48.7 Å². The highest BCUT2D eigenvalue weighted by Crippen LogP contribution is 2.00. The van der Waals surface area contributed by atoms with Crippen molar-refractivity contribution in [1.82, 2.24) is 37.2 Å². The summed E-state index contributed by atoms with van der Waals surface area (Å²) in [4.78, 5) is 106. The summed E-state index contributed by atoms with van der Waals surface area (Å²) in [6, 6.07) is -3.71. The second kappa shape index (κ2) is 21.8. The van der Waals surface area contributed by atoms with Gasteiger partial charge < -0.3 is 58.9 Å². The van der Waals surface area contributed by atoms with Crippen molar-refractivity contribution in [1.29, 1.82) is 0 Å². The molecule has 0 fully saturated rings. The molecule has 20 nitrogen and oxygen atoms in total. The van der Waals surface area contributed by atoms with Gasteiger partial charge in [0.05, 0.1) is 32.3 Å². The number of aliphatic hydroxyl groups is 1. The van der Waals surface area contributed by atoms with Crippen molar-refractivity contribution in [3.8, 4) is 0 Å². The van der Waals surface area contributed by atoms with Crippen molar-refractivity contribution in [2.75, 3.05) is 32.7 Å². The minimum Gasteiger partial charge on any atom is -0.481 e. The number of aliphatic carboxylic acids is 1. The average Bonchev–Trinajstić information content (AvgIpc) is 2.96. The molecule has 0 aromatic carbocycles. The number of unbranched alkanes of at least 4 members (excludes halogenated alkanes) is 1. The Morgan fingerprint density at radius 1 is 0.727 bits per heavy atom. The van der Waals surface area contributed by atoms with Gasteiger partial charge in [-0.25, -0.2) is 0 Å². The van der Waals surface area contributed by atoms with Gasteiger partial charge in [-0.2, -0.15) is 0 Å². The summed E-state index contributed by atoms with van der Waals surface area (Å²) in [6.07, 6.45) is -0.457. The number of nitrogens with one attached hydrogen (secondary N) is 7. The molecule has 8 amide bonds. The number of primary amides is 1. The van der Waals surface area contributed by atoms with Crippen molar-refractivity contribution in [2.45, 2.75) is 63.3 Å². The molecular weight excluding hydrogens is 590 g/mol. The lowest BCUT2D eigenvalue weighted by molar-refractivity contribution is -0.138. The Hall–Kier alpha value is -4.85. The van der Waals surface area contributed by atoms with Crippen molar-refractivity contribution >= 4 is 53.7 Å². The Balaban J connectivity index is 4.60. The fraction of sp³-hybridized carbons (Fsp3) is 0.625. The third-order valence-electron chi connectivity index (χ3n) is 5.68. The molecule has 0 rings (SSSR count). The molecular formula is C24H41N9O11. The molecule has 0 aromatic heterocycles. The van der Waals surface area contributed by atoms with Gasteiger partial charge in [0.15, 0.2) is 0 Å². The van der Waals surface area contributed by atoms with E-state index in [-0.39, 0.29) is 19.3 Å². The largest absolute Gasteiger partial charge is 0.481 e. The topological polar surface area (TPSA) is 330 Å². The second-order valence-corrected chi connectivity index (χ2v) is 9.35. The van der Waals surface area contributed by atoms with E-state index < -0.39 is 104 Å². The lowest BCUT2D eigenvalue weighted by Gasteiger charge is -2.21. The molecule has 1 unspecified atom stereocenters. The van der Waals surface area contributed by atoms with Gasteiger partial charge in [-0.1, -0.05) is 0 Å². The third-order valence-corrected chi connectivity index (χ3v) is 5.68. The van der Waals surface area contributed by atoms with Crippen LogP contribution in [0.1, 0.15) is 39.0 Å². The normalized spacial score (nSPS) is 13.1. The summed E-state index contributed by atoms with van der Waals surface area (Å²) in [5.41, 5.74) is 10.6. The van der Waals surface area contributed by atoms with E-state index in [1.807, 2.05) is 0 Å². The number of carboxylic acid groups (broad SMARTS) is 1. The first-order chi connectivity index (χ1) is 20.7. The maximum Gasteiger partial charge on any atom is 0.303 e. The maximum atomic E-state index is 12.4. The number of carbonyl (C=O) groups is 9. The molecule has 0 aromatic rings. The summed E-state index contributed by atoms with van der Waals surface area (Å²) >= 11 is 0. The molecule has 44 heavy (non-hydrogen) atoms. The van der Waals surface area contributed by atoms with Gasteiger partial charge >= 0.3 is 5.97 Å². The van der Waals surface area contributed by atoms with Crippen LogP contribution in [0.3, 0.4) is 0 Å². The van der Waals surface area contributed by atoms with Crippen LogP contribution in [0.4, 0.5) is 0 Å². The van der Waals surface area contributed by atoms with E-state index in [0.717, 1.165) is 0 Å². The van der Waals surface area contributed by atoms with Gasteiger partial charge in [0.1, 0.15) is 18.1 Å². The molecule has 13 N–H and O–H groups in total. The molecule has 0 spiro atoms. The molecule has 248 valence electrons. The second-order valence-electron chi connectivity index (χ2n) is 9.35. The molecule has 20 heteroatoms. The Kier molecular flexibility index (Phi) is 19.4. The first kappa shape index (κ1) is 39.1. The zero-order chi connectivity index (χ0) is 33.7. The zero-order valence-corrected chi connectivity index (χ0v) is 24.2. The molecule has 0 aliphatic heterocycles. The number of amides is 8. The third kappa shape index (κ3) is 17.9. The van der Waals surface area contributed by atoms with Gasteiger partial charge in [0.25, 0.3) is 0 Å². The molecule has 0 bridgehead atoms. The van der Waals surface area contributed by atoms with E-state index in [1.54, 1.807) is 0 Å². The SMILES string of the molecule is CC(O)[C@H](NC(=O)CNC(=O)[C@H](CCC(=O)O)NC=O)C(=O)NCC(=O)NCC(=O)NCC(=O)N[C@@H](CCCCN)C(N)=O. The minimum atomic E-state index is -1.55. The Morgan fingerprint density at radius 2 is 1.25 bits per heavy atom. The summed E-state index contributed by atoms with van der Waals surface area (Å²) in [5.74, 6) is -6.99. The van der Waals surface area contributed by atoms with Crippen LogP contribution in [0, 0.1) is 0 Å². The van der Waals surface area contributed by atoms with Crippen LogP contribution >= 0.6 is 0 Å². The van der Waals surface area contributed by atoms with Crippen LogP contribution in [-0.2, 0) is 43.2 Å². The Bertz CT molecular complexity index is 1040. The quantitative estimate of drug-likeness (QED) is 0.0370. The number of nitrogens with two attached hydrogens (primary N) is 2. The fourth-order valence-corrected chi connectivity index (χ4v) is 3.34. The molecule has 0 saturated carbocycles. The zero-order valence-electron chi connectivity index (χ0n) is 24.2. The number of rotatable bonds is 23. The molecule has 0 aliphatic rings. The number of carbonyl (C=O) groups excluding carboxylic acids is 8. The van der Waals surface area contributed by atoms with Crippen LogP contribution in [-0.4, -0.2) is 121 Å². The summed E-state index contributed by atoms with van der Waals surface area (Å²) in [6.45, 7) is -0.837. The van der Waals surface area contributed by atoms with Crippen molar-refractivity contribution in [2.24, 2.45) is 11.5 Å². The van der Waals surface area contributed by atoms with Crippen LogP contribution in [0.5, 0.6) is 0 Å². The summed E-state index contributed by atoms with van der Waals surface area (Å²) in [5, 5.41) is 34.0. The minimum absolute atomic E-state index is 0.191. The van der Waals surface area contributed by atoms with Crippen LogP contribution in [0.2, 0.25) is 0 Å². The van der Waals surface area contributed by atoms with Crippen molar-refractivity contribution in [3.63, 3.8) is 0 Å². The average molecular weight is 632 g/mol. The summed E-state index contributed by atoms with van der Waals surface area (Å²) in [7, 11) is 0. The predicted molar refractivity (Wildman–Crippen MR) is 150 cm³/mol. The molecule has 0 heterocycles. The van der Waals surface area contributed by atoms with Gasteiger partial charge in [0, 0.05) is 6.42 Å². The van der Waals surface area contributed by atoms with Crippen LogP contribution in [0.25, 0.3) is 0 Å². The fourth-order valence-electron chi connectivity index (χ4n) is 3.34. The predicted octanol–water partition coefficient (Wildman–Crippen LogP) is -6.60. The first-order valence-electron chi connectivity index (χ1n) is 13.5. The highest BCUT2D eigenvalue weighted by molar-refractivity contribution is 5.94. The van der Waals surface area contributed by atoms with Gasteiger partial charge in [-0.3, -0.25) is 43.2 Å². The van der Waals surface area contributed by atoms with E-state index in [1.165, 1.54) is 6.92 Å². The van der Waals surface area contributed by atoms with E-state index in [2.05, 4.69) is 37.2 Å². The highest BCUT2D eigenvalue weighted by atomic mass is 16.4. The lowest BCUT2D eigenvalue weighted by atomic mass is 10.1. The van der Waals surface area contributed by atoms with Gasteiger partial charge in [-0.05, 0) is 39.2 Å². The lowest BCUT2D eigenvalue weighted by Crippen LogP contribution is -2.56. The molecule has 0 radical (unpaired) electrons. The van der Waals surface area contributed by atoms with Crippen molar-refractivity contribution < 1.29 is 53.4 Å². The monoisotopic (exact) mass is 631 g/mol. The first-order valence-corrected chi connectivity index (χ1v) is 13.5. The number of aliphatic hydroxyl groups excluding tert-OH is 1. The maximum absolute atomic E-state index is 12.4. The van der Waals surface area contributed by atoms with E-state index >= 15 is 0 Å². The van der Waals surface area contributed by atoms with Crippen molar-refractivity contribution in [3.05, 3.63) is 0 Å².